The fourth-order valence-corrected chi connectivity index (χ4v) is 2.53. The molecule has 0 amide bonds. The minimum Gasteiger partial charge on any atom is -0.496 e. The molecule has 2 aromatic rings. The van der Waals surface area contributed by atoms with Crippen molar-refractivity contribution in [3.8, 4) is 5.75 Å². The van der Waals surface area contributed by atoms with Gasteiger partial charge in [-0.3, -0.25) is 0 Å². The normalized spacial score (nSPS) is 11.6. The van der Waals surface area contributed by atoms with Gasteiger partial charge in [-0.25, -0.2) is 0 Å². The van der Waals surface area contributed by atoms with Gasteiger partial charge in [0, 0.05) is 18.0 Å². The van der Waals surface area contributed by atoms with Gasteiger partial charge in [0.2, 0.25) is 0 Å². The van der Waals surface area contributed by atoms with Crippen LogP contribution in [-0.2, 0) is 13.1 Å². The summed E-state index contributed by atoms with van der Waals surface area (Å²) in [6.07, 6.45) is 0. The quantitative estimate of drug-likeness (QED) is 0.330. The molecule has 1 aromatic carbocycles. The lowest BCUT2D eigenvalue weighted by Crippen LogP contribution is -2.16. The van der Waals surface area contributed by atoms with Gasteiger partial charge < -0.3 is 21.0 Å². The van der Waals surface area contributed by atoms with E-state index < -0.39 is 0 Å². The molecule has 2 rings (SSSR count). The van der Waals surface area contributed by atoms with Crippen molar-refractivity contribution in [3.05, 3.63) is 51.7 Å². The van der Waals surface area contributed by atoms with Crippen LogP contribution < -0.4 is 15.8 Å². The lowest BCUT2D eigenvalue weighted by Gasteiger charge is -2.10. The third-order valence-corrected chi connectivity index (χ3v) is 3.73. The number of benzene rings is 1. The van der Waals surface area contributed by atoms with Crippen LogP contribution in [0.3, 0.4) is 0 Å². The van der Waals surface area contributed by atoms with Crippen molar-refractivity contribution in [1.82, 2.24) is 5.32 Å². The maximum absolute atomic E-state index is 8.72. The van der Waals surface area contributed by atoms with E-state index in [4.69, 9.17) is 15.7 Å². The molecule has 1 aromatic heterocycles. The first-order chi connectivity index (χ1) is 9.74. The summed E-state index contributed by atoms with van der Waals surface area (Å²) in [7, 11) is 1.56. The summed E-state index contributed by atoms with van der Waals surface area (Å²) in [5.74, 6) is 0.635. The zero-order valence-corrected chi connectivity index (χ0v) is 12.0. The average molecular weight is 291 g/mol. The highest BCUT2D eigenvalue weighted by molar-refractivity contribution is 7.09. The number of amidine groups is 1. The predicted octanol–water partition coefficient (Wildman–Crippen LogP) is 2.14. The van der Waals surface area contributed by atoms with E-state index in [9.17, 15) is 0 Å². The topological polar surface area (TPSA) is 79.9 Å². The Balaban J connectivity index is 2.02. The first-order valence-corrected chi connectivity index (χ1v) is 7.00. The molecule has 0 spiro atoms. The highest BCUT2D eigenvalue weighted by atomic mass is 32.1. The fourth-order valence-electron chi connectivity index (χ4n) is 1.85. The monoisotopic (exact) mass is 291 g/mol. The molecule has 0 atom stereocenters. The minimum atomic E-state index is 0.0416. The van der Waals surface area contributed by atoms with Crippen molar-refractivity contribution < 1.29 is 9.94 Å². The lowest BCUT2D eigenvalue weighted by molar-refractivity contribution is 0.318. The minimum absolute atomic E-state index is 0.0416. The van der Waals surface area contributed by atoms with Crippen molar-refractivity contribution in [2.45, 2.75) is 13.1 Å². The van der Waals surface area contributed by atoms with Gasteiger partial charge in [-0.1, -0.05) is 17.3 Å². The van der Waals surface area contributed by atoms with E-state index in [0.29, 0.717) is 11.3 Å². The summed E-state index contributed by atoms with van der Waals surface area (Å²) >= 11 is 1.73. The molecule has 0 radical (unpaired) electrons. The van der Waals surface area contributed by atoms with Crippen molar-refractivity contribution in [1.29, 1.82) is 0 Å². The smallest absolute Gasteiger partial charge is 0.173 e. The molecule has 0 aliphatic heterocycles. The van der Waals surface area contributed by atoms with Crippen molar-refractivity contribution in [3.63, 3.8) is 0 Å². The van der Waals surface area contributed by atoms with Crippen LogP contribution in [-0.4, -0.2) is 18.2 Å². The first-order valence-electron chi connectivity index (χ1n) is 6.12. The van der Waals surface area contributed by atoms with Gasteiger partial charge >= 0.3 is 0 Å². The molecule has 4 N–H and O–H groups in total. The Kier molecular flexibility index (Phi) is 4.97. The largest absolute Gasteiger partial charge is 0.496 e. The van der Waals surface area contributed by atoms with Gasteiger partial charge in [-0.15, -0.1) is 11.3 Å². The van der Waals surface area contributed by atoms with Crippen molar-refractivity contribution in [2.24, 2.45) is 10.9 Å². The van der Waals surface area contributed by atoms with Crippen LogP contribution in [0.5, 0.6) is 5.75 Å². The number of rotatable bonds is 6. The van der Waals surface area contributed by atoms with Gasteiger partial charge in [0.25, 0.3) is 0 Å². The summed E-state index contributed by atoms with van der Waals surface area (Å²) in [6, 6.07) is 9.73. The summed E-state index contributed by atoms with van der Waals surface area (Å²) in [6.45, 7) is 1.56. The average Bonchev–Trinajstić information content (AvgIpc) is 2.99. The molecule has 0 saturated carbocycles. The molecule has 0 aliphatic carbocycles. The van der Waals surface area contributed by atoms with Gasteiger partial charge in [-0.2, -0.15) is 0 Å². The maximum Gasteiger partial charge on any atom is 0.173 e. The molecular weight excluding hydrogens is 274 g/mol. The number of hydrogen-bond donors (Lipinski definition) is 3. The van der Waals surface area contributed by atoms with Crippen molar-refractivity contribution >= 4 is 17.2 Å². The first kappa shape index (κ1) is 14.4. The second kappa shape index (κ2) is 6.93. The second-order valence-electron chi connectivity index (χ2n) is 4.20. The van der Waals surface area contributed by atoms with Crippen LogP contribution >= 0.6 is 11.3 Å². The van der Waals surface area contributed by atoms with Crippen LogP contribution in [0.15, 0.2) is 40.9 Å². The number of thiophene rings is 1. The molecule has 0 saturated heterocycles. The Labute approximate surface area is 121 Å². The van der Waals surface area contributed by atoms with Crippen LogP contribution in [0.2, 0.25) is 0 Å². The molecule has 106 valence electrons. The molecule has 0 fully saturated rings. The van der Waals surface area contributed by atoms with Crippen LogP contribution in [0, 0.1) is 0 Å². The number of hydrogen-bond acceptors (Lipinski definition) is 5. The lowest BCUT2D eigenvalue weighted by atomic mass is 10.1. The fraction of sp³-hybridized carbons (Fsp3) is 0.214. The van der Waals surface area contributed by atoms with Crippen LogP contribution in [0.25, 0.3) is 0 Å². The van der Waals surface area contributed by atoms with Gasteiger partial charge in [0.05, 0.1) is 12.7 Å². The van der Waals surface area contributed by atoms with E-state index in [1.165, 1.54) is 4.88 Å². The van der Waals surface area contributed by atoms with E-state index >= 15 is 0 Å². The van der Waals surface area contributed by atoms with Gasteiger partial charge in [0.1, 0.15) is 5.75 Å². The Morgan fingerprint density at radius 1 is 1.40 bits per heavy atom. The zero-order valence-electron chi connectivity index (χ0n) is 11.2. The molecule has 0 unspecified atom stereocenters. The number of nitrogens with zero attached hydrogens (tertiary/aromatic N) is 1. The molecule has 5 nitrogen and oxygen atoms in total. The maximum atomic E-state index is 8.72. The highest BCUT2D eigenvalue weighted by Crippen LogP contribution is 2.20. The van der Waals surface area contributed by atoms with Crippen molar-refractivity contribution in [2.75, 3.05) is 7.11 Å². The number of ether oxygens (including phenoxy) is 1. The highest BCUT2D eigenvalue weighted by Gasteiger charge is 2.08. The predicted molar refractivity (Wildman–Crippen MR) is 80.4 cm³/mol. The number of oxime groups is 1. The van der Waals surface area contributed by atoms with Gasteiger partial charge in [-0.05, 0) is 29.1 Å². The Morgan fingerprint density at radius 3 is 2.90 bits per heavy atom. The summed E-state index contributed by atoms with van der Waals surface area (Å²) in [4.78, 5) is 1.30. The number of methoxy groups -OCH3 is 1. The molecule has 0 bridgehead atoms. The van der Waals surface area contributed by atoms with E-state index in [1.54, 1.807) is 24.5 Å². The Bertz CT molecular complexity index is 582. The van der Waals surface area contributed by atoms with E-state index in [1.807, 2.05) is 18.2 Å². The molecule has 20 heavy (non-hydrogen) atoms. The third kappa shape index (κ3) is 3.49. The van der Waals surface area contributed by atoms with E-state index in [0.717, 1.165) is 18.7 Å². The van der Waals surface area contributed by atoms with E-state index in [2.05, 4.69) is 21.9 Å². The van der Waals surface area contributed by atoms with Gasteiger partial charge in [0.15, 0.2) is 5.84 Å². The Morgan fingerprint density at radius 2 is 2.25 bits per heavy atom. The summed E-state index contributed by atoms with van der Waals surface area (Å²) < 4.78 is 5.26. The number of nitrogens with one attached hydrogen (secondary N) is 1. The van der Waals surface area contributed by atoms with E-state index in [-0.39, 0.29) is 5.84 Å². The molecule has 0 aliphatic rings. The molecular formula is C14H17N3O2S. The standard InChI is InChI=1S/C14H17N3O2S/c1-19-13-7-10(4-5-12(13)14(15)17-18)8-16-9-11-3-2-6-20-11/h2-7,16,18H,8-9H2,1H3,(H2,15,17). The third-order valence-electron chi connectivity index (χ3n) is 2.86. The summed E-state index contributed by atoms with van der Waals surface area (Å²) in [5, 5.41) is 17.1. The second-order valence-corrected chi connectivity index (χ2v) is 5.24. The Hall–Kier alpha value is -2.05. The summed E-state index contributed by atoms with van der Waals surface area (Å²) in [5.41, 5.74) is 7.25. The number of nitrogens with two attached hydrogens (primary N) is 1. The zero-order chi connectivity index (χ0) is 14.4. The molecule has 1 heterocycles. The molecule has 6 heteroatoms. The van der Waals surface area contributed by atoms with Crippen LogP contribution in [0.4, 0.5) is 0 Å². The SMILES string of the molecule is COc1cc(CNCc2cccs2)ccc1/C(N)=N/O. The van der Waals surface area contributed by atoms with Crippen LogP contribution in [0.1, 0.15) is 16.0 Å².